The fourth-order valence-corrected chi connectivity index (χ4v) is 3.07. The summed E-state index contributed by atoms with van der Waals surface area (Å²) in [5, 5.41) is 2.92. The SMILES string of the molecule is Cc1cccc(CN(C(=O)COc2ccc(Br)cc2)[C@@H](C)C(=O)NCC(C)C)c1. The van der Waals surface area contributed by atoms with Crippen LogP contribution in [0, 0.1) is 12.8 Å². The molecule has 0 aliphatic rings. The van der Waals surface area contributed by atoms with Crippen molar-refractivity contribution in [3.63, 3.8) is 0 Å². The zero-order chi connectivity index (χ0) is 21.4. The topological polar surface area (TPSA) is 58.6 Å². The van der Waals surface area contributed by atoms with Crippen LogP contribution < -0.4 is 10.1 Å². The number of halogens is 1. The van der Waals surface area contributed by atoms with Gasteiger partial charge in [-0.2, -0.15) is 0 Å². The van der Waals surface area contributed by atoms with Crippen LogP contribution in [0.5, 0.6) is 5.75 Å². The van der Waals surface area contributed by atoms with Crippen LogP contribution in [0.3, 0.4) is 0 Å². The minimum absolute atomic E-state index is 0.130. The number of amides is 2. The van der Waals surface area contributed by atoms with E-state index in [1.807, 2.05) is 57.2 Å². The van der Waals surface area contributed by atoms with Gasteiger partial charge in [-0.25, -0.2) is 0 Å². The van der Waals surface area contributed by atoms with Crippen molar-refractivity contribution >= 4 is 27.7 Å². The van der Waals surface area contributed by atoms with Gasteiger partial charge in [0.15, 0.2) is 6.61 Å². The second-order valence-electron chi connectivity index (χ2n) is 7.57. The van der Waals surface area contributed by atoms with E-state index in [0.717, 1.165) is 15.6 Å². The van der Waals surface area contributed by atoms with Crippen LogP contribution >= 0.6 is 15.9 Å². The van der Waals surface area contributed by atoms with E-state index in [9.17, 15) is 9.59 Å². The third-order valence-corrected chi connectivity index (χ3v) is 4.99. The van der Waals surface area contributed by atoms with Gasteiger partial charge in [0.2, 0.25) is 5.91 Å². The average Bonchev–Trinajstić information content (AvgIpc) is 2.69. The Bertz CT molecular complexity index is 821. The lowest BCUT2D eigenvalue weighted by Crippen LogP contribution is -2.49. The number of benzene rings is 2. The van der Waals surface area contributed by atoms with Gasteiger partial charge in [-0.05, 0) is 49.6 Å². The highest BCUT2D eigenvalue weighted by molar-refractivity contribution is 9.10. The second-order valence-corrected chi connectivity index (χ2v) is 8.48. The fourth-order valence-electron chi connectivity index (χ4n) is 2.80. The quantitative estimate of drug-likeness (QED) is 0.605. The highest BCUT2D eigenvalue weighted by Crippen LogP contribution is 2.17. The van der Waals surface area contributed by atoms with Crippen LogP contribution in [0.2, 0.25) is 0 Å². The van der Waals surface area contributed by atoms with Gasteiger partial charge in [0.1, 0.15) is 11.8 Å². The van der Waals surface area contributed by atoms with Crippen LogP contribution in [0.15, 0.2) is 53.0 Å². The Balaban J connectivity index is 2.12. The molecular formula is C23H29BrN2O3. The molecule has 0 heterocycles. The summed E-state index contributed by atoms with van der Waals surface area (Å²) < 4.78 is 6.59. The Morgan fingerprint density at radius 1 is 1.10 bits per heavy atom. The molecule has 0 aliphatic carbocycles. The van der Waals surface area contributed by atoms with E-state index in [1.54, 1.807) is 24.0 Å². The number of ether oxygens (including phenoxy) is 1. The molecule has 2 aromatic rings. The third kappa shape index (κ3) is 7.54. The molecule has 6 heteroatoms. The predicted octanol–water partition coefficient (Wildman–Crippen LogP) is 4.33. The number of rotatable bonds is 9. The largest absolute Gasteiger partial charge is 0.484 e. The molecule has 0 fully saturated rings. The summed E-state index contributed by atoms with van der Waals surface area (Å²) in [5.74, 6) is 0.548. The molecule has 2 aromatic carbocycles. The molecule has 1 atom stereocenters. The lowest BCUT2D eigenvalue weighted by atomic mass is 10.1. The minimum Gasteiger partial charge on any atom is -0.484 e. The van der Waals surface area contributed by atoms with Crippen molar-refractivity contribution in [2.24, 2.45) is 5.92 Å². The van der Waals surface area contributed by atoms with Gasteiger partial charge in [0.25, 0.3) is 5.91 Å². The highest BCUT2D eigenvalue weighted by Gasteiger charge is 2.26. The Labute approximate surface area is 181 Å². The molecule has 2 rings (SSSR count). The summed E-state index contributed by atoms with van der Waals surface area (Å²) in [6.07, 6.45) is 0. The van der Waals surface area contributed by atoms with Crippen LogP contribution in [0.1, 0.15) is 31.9 Å². The molecule has 0 unspecified atom stereocenters. The molecule has 29 heavy (non-hydrogen) atoms. The standard InChI is InChI=1S/C23H29BrN2O3/c1-16(2)13-25-23(28)18(4)26(14-19-7-5-6-17(3)12-19)22(27)15-29-21-10-8-20(24)9-11-21/h5-12,16,18H,13-15H2,1-4H3,(H,25,28)/t18-/m0/s1. The first-order valence-corrected chi connectivity index (χ1v) is 10.6. The van der Waals surface area contributed by atoms with Crippen molar-refractivity contribution in [1.29, 1.82) is 0 Å². The number of carbonyl (C=O) groups is 2. The van der Waals surface area contributed by atoms with Crippen LogP contribution in [0.25, 0.3) is 0 Å². The molecule has 5 nitrogen and oxygen atoms in total. The number of carbonyl (C=O) groups excluding carboxylic acids is 2. The van der Waals surface area contributed by atoms with Gasteiger partial charge >= 0.3 is 0 Å². The summed E-state index contributed by atoms with van der Waals surface area (Å²) in [6.45, 7) is 8.62. The van der Waals surface area contributed by atoms with Gasteiger partial charge in [-0.1, -0.05) is 59.6 Å². The van der Waals surface area contributed by atoms with Crippen molar-refractivity contribution in [3.05, 3.63) is 64.1 Å². The molecule has 0 aromatic heterocycles. The van der Waals surface area contributed by atoms with Gasteiger partial charge in [-0.3, -0.25) is 9.59 Å². The molecule has 0 saturated heterocycles. The van der Waals surface area contributed by atoms with Gasteiger partial charge in [0.05, 0.1) is 0 Å². The normalized spacial score (nSPS) is 11.8. The lowest BCUT2D eigenvalue weighted by Gasteiger charge is -2.29. The van der Waals surface area contributed by atoms with E-state index in [-0.39, 0.29) is 18.4 Å². The monoisotopic (exact) mass is 460 g/mol. The third-order valence-electron chi connectivity index (χ3n) is 4.46. The van der Waals surface area contributed by atoms with Crippen molar-refractivity contribution in [3.8, 4) is 5.75 Å². The van der Waals surface area contributed by atoms with Crippen LogP contribution in [0.4, 0.5) is 0 Å². The molecule has 1 N–H and O–H groups in total. The molecule has 0 aliphatic heterocycles. The Morgan fingerprint density at radius 2 is 1.79 bits per heavy atom. The maximum absolute atomic E-state index is 13.0. The second kappa shape index (κ2) is 11.0. The van der Waals surface area contributed by atoms with Crippen molar-refractivity contribution < 1.29 is 14.3 Å². The highest BCUT2D eigenvalue weighted by atomic mass is 79.9. The molecule has 0 bridgehead atoms. The molecule has 0 radical (unpaired) electrons. The maximum atomic E-state index is 13.0. The first-order valence-electron chi connectivity index (χ1n) is 9.77. The molecule has 0 spiro atoms. The van der Waals surface area contributed by atoms with Crippen LogP contribution in [-0.2, 0) is 16.1 Å². The van der Waals surface area contributed by atoms with E-state index in [2.05, 4.69) is 21.2 Å². The number of hydrogen-bond donors (Lipinski definition) is 1. The van der Waals surface area contributed by atoms with Gasteiger partial charge in [-0.15, -0.1) is 0 Å². The maximum Gasteiger partial charge on any atom is 0.261 e. The predicted molar refractivity (Wildman–Crippen MR) is 119 cm³/mol. The Morgan fingerprint density at radius 3 is 2.41 bits per heavy atom. The molecular weight excluding hydrogens is 432 g/mol. The Kier molecular flexibility index (Phi) is 8.70. The summed E-state index contributed by atoms with van der Waals surface area (Å²) in [5.41, 5.74) is 2.09. The smallest absolute Gasteiger partial charge is 0.261 e. The van der Waals surface area contributed by atoms with Gasteiger partial charge in [0, 0.05) is 17.6 Å². The molecule has 2 amide bonds. The van der Waals surface area contributed by atoms with Crippen LogP contribution in [-0.4, -0.2) is 35.9 Å². The fraction of sp³-hybridized carbons (Fsp3) is 0.391. The first-order chi connectivity index (χ1) is 13.8. The van der Waals surface area contributed by atoms with Crippen molar-refractivity contribution in [1.82, 2.24) is 10.2 Å². The van der Waals surface area contributed by atoms with E-state index in [1.165, 1.54) is 0 Å². The van der Waals surface area contributed by atoms with Gasteiger partial charge < -0.3 is 15.0 Å². The molecule has 0 saturated carbocycles. The number of nitrogens with zero attached hydrogens (tertiary/aromatic N) is 1. The van der Waals surface area contributed by atoms with E-state index >= 15 is 0 Å². The summed E-state index contributed by atoms with van der Waals surface area (Å²) in [6, 6.07) is 14.6. The van der Waals surface area contributed by atoms with E-state index in [0.29, 0.717) is 24.8 Å². The lowest BCUT2D eigenvalue weighted by molar-refractivity contribution is -0.142. The minimum atomic E-state index is -0.602. The van der Waals surface area contributed by atoms with Crippen molar-refractivity contribution in [2.45, 2.75) is 40.3 Å². The van der Waals surface area contributed by atoms with E-state index in [4.69, 9.17) is 4.74 Å². The molecule has 156 valence electrons. The first kappa shape index (κ1) is 22.9. The summed E-state index contributed by atoms with van der Waals surface area (Å²) in [4.78, 5) is 27.2. The summed E-state index contributed by atoms with van der Waals surface area (Å²) >= 11 is 3.38. The number of aryl methyl sites for hydroxylation is 1. The van der Waals surface area contributed by atoms with E-state index < -0.39 is 6.04 Å². The number of nitrogens with one attached hydrogen (secondary N) is 1. The van der Waals surface area contributed by atoms with Crippen molar-refractivity contribution in [2.75, 3.05) is 13.2 Å². The zero-order valence-corrected chi connectivity index (χ0v) is 19.0. The number of hydrogen-bond acceptors (Lipinski definition) is 3. The zero-order valence-electron chi connectivity index (χ0n) is 17.4. The Hall–Kier alpha value is -2.34. The summed E-state index contributed by atoms with van der Waals surface area (Å²) in [7, 11) is 0. The average molecular weight is 461 g/mol.